The highest BCUT2D eigenvalue weighted by Crippen LogP contribution is 2.18. The van der Waals surface area contributed by atoms with Crippen LogP contribution in [0.25, 0.3) is 11.5 Å². The monoisotopic (exact) mass is 487 g/mol. The SMILES string of the molecule is C[C@@H]1Cn2c(=N)/c(=C(\NCc3ccc(-n4cncn4)cc3)NC3(C)C=CC=CC3)c(=S)n(C)c2=N1. The van der Waals surface area contributed by atoms with Gasteiger partial charge in [0.05, 0.1) is 22.5 Å². The third-order valence-electron chi connectivity index (χ3n) is 6.35. The van der Waals surface area contributed by atoms with Gasteiger partial charge in [0.2, 0.25) is 5.62 Å². The molecule has 10 heteroatoms. The van der Waals surface area contributed by atoms with E-state index in [1.807, 2.05) is 34.4 Å². The summed E-state index contributed by atoms with van der Waals surface area (Å²) in [6, 6.07) is 8.25. The minimum absolute atomic E-state index is 0.117. The van der Waals surface area contributed by atoms with E-state index in [0.717, 1.165) is 29.1 Å². The second-order valence-corrected chi connectivity index (χ2v) is 9.63. The van der Waals surface area contributed by atoms with Crippen LogP contribution in [0.4, 0.5) is 0 Å². The Labute approximate surface area is 208 Å². The summed E-state index contributed by atoms with van der Waals surface area (Å²) in [6.07, 6.45) is 12.4. The highest BCUT2D eigenvalue weighted by atomic mass is 32.1. The zero-order valence-electron chi connectivity index (χ0n) is 20.1. The van der Waals surface area contributed by atoms with E-state index in [0.29, 0.717) is 28.4 Å². The van der Waals surface area contributed by atoms with Gasteiger partial charge in [-0.3, -0.25) is 9.98 Å². The number of hydrogen-bond acceptors (Lipinski definition) is 7. The topological polar surface area (TPSA) is 101 Å². The Balaban J connectivity index is 1.55. The molecule has 5 rings (SSSR count). The molecule has 1 aliphatic carbocycles. The summed E-state index contributed by atoms with van der Waals surface area (Å²) in [4.78, 5) is 8.69. The Bertz CT molecular complexity index is 1540. The summed E-state index contributed by atoms with van der Waals surface area (Å²) in [5, 5.41) is 21.1. The normalized spacial score (nSPS) is 21.4. The van der Waals surface area contributed by atoms with E-state index in [2.05, 4.69) is 69.9 Å². The van der Waals surface area contributed by atoms with E-state index in [9.17, 15) is 0 Å². The maximum absolute atomic E-state index is 9.03. The number of rotatable bonds is 6. The number of nitrogens with zero attached hydrogens (tertiary/aromatic N) is 6. The van der Waals surface area contributed by atoms with Crippen LogP contribution in [0.5, 0.6) is 0 Å². The van der Waals surface area contributed by atoms with Crippen LogP contribution in [0.1, 0.15) is 25.8 Å². The fourth-order valence-electron chi connectivity index (χ4n) is 4.43. The van der Waals surface area contributed by atoms with Crippen molar-refractivity contribution in [2.45, 2.75) is 44.9 Å². The van der Waals surface area contributed by atoms with Crippen LogP contribution < -0.4 is 27.0 Å². The molecule has 9 nitrogen and oxygen atoms in total. The standard InChI is InChI=1S/C25H29N9S/c1-17-14-33-21(26)20(23(35)32(3)24(33)30-17)22(31-25(2)11-5-4-6-12-25)28-13-18-7-9-19(10-8-18)34-16-27-15-29-34/h4-11,15-17,26,28,31H,12-14H2,1-3H3/b22-20-,26-21?/t17-,25?/m1/s1. The highest BCUT2D eigenvalue weighted by Gasteiger charge is 2.23. The summed E-state index contributed by atoms with van der Waals surface area (Å²) in [5.41, 5.74) is 2.85. The zero-order chi connectivity index (χ0) is 24.6. The van der Waals surface area contributed by atoms with Gasteiger partial charge < -0.3 is 15.2 Å². The summed E-state index contributed by atoms with van der Waals surface area (Å²) in [5.74, 6) is 0.744. The fraction of sp³-hybridized carbons (Fsp3) is 0.320. The van der Waals surface area contributed by atoms with Crippen molar-refractivity contribution in [2.24, 2.45) is 12.0 Å². The van der Waals surface area contributed by atoms with Gasteiger partial charge in [-0.2, -0.15) is 5.10 Å². The highest BCUT2D eigenvalue weighted by molar-refractivity contribution is 7.71. The second-order valence-electron chi connectivity index (χ2n) is 9.25. The number of fused-ring (bicyclic) bond motifs is 1. The van der Waals surface area contributed by atoms with Gasteiger partial charge in [0.25, 0.3) is 0 Å². The van der Waals surface area contributed by atoms with Crippen molar-refractivity contribution in [1.29, 1.82) is 5.41 Å². The van der Waals surface area contributed by atoms with E-state index >= 15 is 0 Å². The van der Waals surface area contributed by atoms with Gasteiger partial charge >= 0.3 is 0 Å². The van der Waals surface area contributed by atoms with Crippen molar-refractivity contribution in [2.75, 3.05) is 0 Å². The van der Waals surface area contributed by atoms with Crippen LogP contribution in [0.2, 0.25) is 0 Å². The van der Waals surface area contributed by atoms with Gasteiger partial charge in [-0.1, -0.05) is 48.7 Å². The molecule has 0 spiro atoms. The number of aromatic nitrogens is 5. The lowest BCUT2D eigenvalue weighted by Gasteiger charge is -2.31. The molecule has 0 bridgehead atoms. The van der Waals surface area contributed by atoms with E-state index in [-0.39, 0.29) is 11.6 Å². The predicted octanol–water partition coefficient (Wildman–Crippen LogP) is 1.36. The molecule has 35 heavy (non-hydrogen) atoms. The van der Waals surface area contributed by atoms with E-state index < -0.39 is 0 Å². The van der Waals surface area contributed by atoms with Crippen LogP contribution in [0.3, 0.4) is 0 Å². The first-order valence-corrected chi connectivity index (χ1v) is 12.0. The molecule has 1 unspecified atom stereocenters. The van der Waals surface area contributed by atoms with E-state index in [1.165, 1.54) is 6.33 Å². The minimum atomic E-state index is -0.303. The average Bonchev–Trinajstić information content (AvgIpc) is 3.52. The Morgan fingerprint density at radius 3 is 2.74 bits per heavy atom. The number of nitrogens with one attached hydrogen (secondary N) is 3. The first kappa shape index (κ1) is 23.0. The minimum Gasteiger partial charge on any atom is -0.367 e. The van der Waals surface area contributed by atoms with Crippen LogP contribution in [0, 0.1) is 10.0 Å². The predicted molar refractivity (Wildman–Crippen MR) is 136 cm³/mol. The molecule has 3 aromatic rings. The molecule has 0 amide bonds. The lowest BCUT2D eigenvalue weighted by Crippen LogP contribution is -2.53. The van der Waals surface area contributed by atoms with Crippen LogP contribution in [-0.4, -0.2) is 35.5 Å². The Kier molecular flexibility index (Phi) is 5.98. The smallest absolute Gasteiger partial charge is 0.207 e. The third-order valence-corrected chi connectivity index (χ3v) is 6.83. The molecule has 0 fully saturated rings. The maximum Gasteiger partial charge on any atom is 0.207 e. The molecular formula is C25H29N9S. The summed E-state index contributed by atoms with van der Waals surface area (Å²) >= 11 is 5.86. The van der Waals surface area contributed by atoms with Crippen molar-refractivity contribution in [3.05, 3.63) is 87.8 Å². The van der Waals surface area contributed by atoms with Gasteiger partial charge in [-0.15, -0.1) is 0 Å². The first-order valence-electron chi connectivity index (χ1n) is 11.6. The Morgan fingerprint density at radius 2 is 2.06 bits per heavy atom. The van der Waals surface area contributed by atoms with Crippen LogP contribution in [0.15, 0.2) is 66.2 Å². The van der Waals surface area contributed by atoms with Gasteiger partial charge in [0, 0.05) is 20.1 Å². The Hall–Kier alpha value is -3.79. The largest absolute Gasteiger partial charge is 0.367 e. The molecule has 0 saturated heterocycles. The first-order chi connectivity index (χ1) is 16.8. The van der Waals surface area contributed by atoms with Crippen molar-refractivity contribution in [1.82, 2.24) is 34.5 Å². The van der Waals surface area contributed by atoms with Crippen molar-refractivity contribution in [3.8, 4) is 5.69 Å². The molecule has 2 aliphatic rings. The molecule has 0 radical (unpaired) electrons. The van der Waals surface area contributed by atoms with Gasteiger partial charge in [-0.25, -0.2) is 14.7 Å². The molecule has 180 valence electrons. The summed E-state index contributed by atoms with van der Waals surface area (Å²) in [6.45, 7) is 5.43. The zero-order valence-corrected chi connectivity index (χ0v) is 20.9. The lowest BCUT2D eigenvalue weighted by molar-refractivity contribution is 0.494. The van der Waals surface area contributed by atoms with Gasteiger partial charge in [-0.05, 0) is 38.0 Å². The fourth-order valence-corrected chi connectivity index (χ4v) is 4.71. The lowest BCUT2D eigenvalue weighted by atomic mass is 9.93. The second kappa shape index (κ2) is 9.10. The van der Waals surface area contributed by atoms with Crippen LogP contribution >= 0.6 is 12.2 Å². The van der Waals surface area contributed by atoms with Crippen molar-refractivity contribution < 1.29 is 0 Å². The molecule has 2 aromatic heterocycles. The summed E-state index contributed by atoms with van der Waals surface area (Å²) in [7, 11) is 1.92. The quantitative estimate of drug-likeness (QED) is 0.456. The summed E-state index contributed by atoms with van der Waals surface area (Å²) < 4.78 is 6.14. The van der Waals surface area contributed by atoms with E-state index in [4.69, 9.17) is 17.6 Å². The number of hydrogen-bond donors (Lipinski definition) is 3. The average molecular weight is 488 g/mol. The molecule has 1 aliphatic heterocycles. The number of benzene rings is 1. The molecule has 0 saturated carbocycles. The molecule has 1 aromatic carbocycles. The number of allylic oxidation sites excluding steroid dienone is 2. The molecular weight excluding hydrogens is 458 g/mol. The Morgan fingerprint density at radius 1 is 1.26 bits per heavy atom. The molecule has 3 heterocycles. The van der Waals surface area contributed by atoms with Crippen LogP contribution in [-0.2, 0) is 20.1 Å². The van der Waals surface area contributed by atoms with Gasteiger partial charge in [0.15, 0.2) is 0 Å². The third kappa shape index (κ3) is 4.49. The maximum atomic E-state index is 9.03. The molecule has 2 atom stereocenters. The molecule has 3 N–H and O–H groups in total. The van der Waals surface area contributed by atoms with Crippen molar-refractivity contribution in [3.63, 3.8) is 0 Å². The van der Waals surface area contributed by atoms with Crippen molar-refractivity contribution >= 4 is 18.0 Å². The van der Waals surface area contributed by atoms with Gasteiger partial charge in [0.1, 0.15) is 28.6 Å². The van der Waals surface area contributed by atoms with E-state index in [1.54, 1.807) is 11.0 Å².